The summed E-state index contributed by atoms with van der Waals surface area (Å²) in [6, 6.07) is 10.5. The topological polar surface area (TPSA) is 96.7 Å². The fraction of sp³-hybridized carbons (Fsp3) is 0.286. The number of nitrogens with one attached hydrogen (secondary N) is 2. The highest BCUT2D eigenvalue weighted by Crippen LogP contribution is 2.21. The maximum atomic E-state index is 12.5. The summed E-state index contributed by atoms with van der Waals surface area (Å²) in [5.74, 6) is 0.656. The summed E-state index contributed by atoms with van der Waals surface area (Å²) in [5, 5.41) is 5.63. The van der Waals surface area contributed by atoms with Crippen molar-refractivity contribution in [3.63, 3.8) is 0 Å². The Hall–Kier alpha value is -3.39. The number of amides is 2. The average Bonchev–Trinajstić information content (AvgIpc) is 3.09. The predicted octanol–water partition coefficient (Wildman–Crippen LogP) is 2.57. The van der Waals surface area contributed by atoms with Crippen LogP contribution in [0.2, 0.25) is 0 Å². The van der Waals surface area contributed by atoms with E-state index in [4.69, 9.17) is 9.15 Å². The number of benzene rings is 2. The van der Waals surface area contributed by atoms with Crippen molar-refractivity contribution in [2.24, 2.45) is 0 Å². The normalized spacial score (nSPS) is 10.9. The fourth-order valence-electron chi connectivity index (χ4n) is 2.79. The highest BCUT2D eigenvalue weighted by Gasteiger charge is 2.13. The van der Waals surface area contributed by atoms with Crippen molar-refractivity contribution in [3.8, 4) is 5.75 Å². The van der Waals surface area contributed by atoms with Crippen LogP contribution in [-0.4, -0.2) is 49.4 Å². The van der Waals surface area contributed by atoms with Crippen LogP contribution in [0.3, 0.4) is 0 Å². The van der Waals surface area contributed by atoms with Crippen LogP contribution in [0.1, 0.15) is 21.8 Å². The molecule has 0 spiro atoms. The molecule has 2 aromatic carbocycles. The monoisotopic (exact) mass is 396 g/mol. The van der Waals surface area contributed by atoms with Gasteiger partial charge in [0, 0.05) is 17.3 Å². The number of carbonyl (C=O) groups excluding carboxylic acids is 2. The van der Waals surface area contributed by atoms with Gasteiger partial charge in [0.25, 0.3) is 5.91 Å². The standard InChI is InChI=1S/C21H24N4O4/c1-13-5-6-14(9-16(13)23-19(26)12-25(2)3)21(27)22-11-20-24-17-10-15(28-4)7-8-18(17)29-20/h5-10H,11-12H2,1-4H3,(H,22,27)(H,23,26). The van der Waals surface area contributed by atoms with E-state index in [1.807, 2.05) is 21.0 Å². The minimum absolute atomic E-state index is 0.141. The second-order valence-electron chi connectivity index (χ2n) is 6.94. The predicted molar refractivity (Wildman–Crippen MR) is 110 cm³/mol. The van der Waals surface area contributed by atoms with Gasteiger partial charge in [-0.2, -0.15) is 0 Å². The lowest BCUT2D eigenvalue weighted by atomic mass is 10.1. The number of anilines is 1. The quantitative estimate of drug-likeness (QED) is 0.637. The number of carbonyl (C=O) groups is 2. The number of hydrogen-bond donors (Lipinski definition) is 2. The highest BCUT2D eigenvalue weighted by molar-refractivity contribution is 5.98. The second kappa shape index (κ2) is 8.74. The van der Waals surface area contributed by atoms with Crippen molar-refractivity contribution in [2.45, 2.75) is 13.5 Å². The number of aromatic nitrogens is 1. The van der Waals surface area contributed by atoms with E-state index in [2.05, 4.69) is 15.6 Å². The molecule has 8 heteroatoms. The Morgan fingerprint density at radius 1 is 1.17 bits per heavy atom. The molecule has 1 heterocycles. The first-order valence-corrected chi connectivity index (χ1v) is 9.12. The fourth-order valence-corrected chi connectivity index (χ4v) is 2.79. The van der Waals surface area contributed by atoms with E-state index in [0.717, 1.165) is 5.56 Å². The number of aryl methyl sites for hydroxylation is 1. The summed E-state index contributed by atoms with van der Waals surface area (Å²) in [6.07, 6.45) is 0. The molecule has 0 fully saturated rings. The lowest BCUT2D eigenvalue weighted by Gasteiger charge is -2.13. The van der Waals surface area contributed by atoms with Crippen LogP contribution in [0.25, 0.3) is 11.1 Å². The number of hydrogen-bond acceptors (Lipinski definition) is 6. The number of likely N-dealkylation sites (N-methyl/N-ethyl adjacent to an activating group) is 1. The molecule has 0 aliphatic rings. The number of ether oxygens (including phenoxy) is 1. The summed E-state index contributed by atoms with van der Waals surface area (Å²) < 4.78 is 10.8. The highest BCUT2D eigenvalue weighted by atomic mass is 16.5. The molecule has 3 rings (SSSR count). The first-order valence-electron chi connectivity index (χ1n) is 9.12. The molecule has 3 aromatic rings. The molecule has 2 N–H and O–H groups in total. The maximum absolute atomic E-state index is 12.5. The van der Waals surface area contributed by atoms with Crippen LogP contribution in [0, 0.1) is 6.92 Å². The third-order valence-electron chi connectivity index (χ3n) is 4.27. The largest absolute Gasteiger partial charge is 0.497 e. The number of rotatable bonds is 7. The minimum atomic E-state index is -0.284. The number of nitrogens with zero attached hydrogens (tertiary/aromatic N) is 2. The molecule has 152 valence electrons. The third kappa shape index (κ3) is 5.11. The first-order chi connectivity index (χ1) is 13.9. The van der Waals surface area contributed by atoms with Gasteiger partial charge in [0.05, 0.1) is 20.2 Å². The summed E-state index contributed by atoms with van der Waals surface area (Å²) >= 11 is 0. The van der Waals surface area contributed by atoms with E-state index in [1.54, 1.807) is 48.4 Å². The Morgan fingerprint density at radius 2 is 1.97 bits per heavy atom. The van der Waals surface area contributed by atoms with Gasteiger partial charge >= 0.3 is 0 Å². The van der Waals surface area contributed by atoms with Crippen molar-refractivity contribution in [1.82, 2.24) is 15.2 Å². The van der Waals surface area contributed by atoms with E-state index >= 15 is 0 Å². The molecule has 0 bridgehead atoms. The summed E-state index contributed by atoms with van der Waals surface area (Å²) in [7, 11) is 5.22. The zero-order chi connectivity index (χ0) is 21.0. The molecule has 0 radical (unpaired) electrons. The van der Waals surface area contributed by atoms with Crippen LogP contribution < -0.4 is 15.4 Å². The van der Waals surface area contributed by atoms with E-state index in [0.29, 0.717) is 34.0 Å². The van der Waals surface area contributed by atoms with Crippen LogP contribution in [-0.2, 0) is 11.3 Å². The Bertz CT molecular complexity index is 1040. The lowest BCUT2D eigenvalue weighted by Crippen LogP contribution is -2.27. The van der Waals surface area contributed by atoms with E-state index in [9.17, 15) is 9.59 Å². The Kier molecular flexibility index (Phi) is 6.13. The van der Waals surface area contributed by atoms with Gasteiger partial charge in [-0.1, -0.05) is 6.07 Å². The van der Waals surface area contributed by atoms with Crippen molar-refractivity contribution in [2.75, 3.05) is 33.1 Å². The van der Waals surface area contributed by atoms with Crippen molar-refractivity contribution in [3.05, 3.63) is 53.4 Å². The maximum Gasteiger partial charge on any atom is 0.251 e. The van der Waals surface area contributed by atoms with Gasteiger partial charge in [-0.3, -0.25) is 9.59 Å². The molecule has 0 saturated carbocycles. The lowest BCUT2D eigenvalue weighted by molar-refractivity contribution is -0.116. The van der Waals surface area contributed by atoms with Gasteiger partial charge in [0.15, 0.2) is 5.58 Å². The van der Waals surface area contributed by atoms with Gasteiger partial charge in [-0.25, -0.2) is 4.98 Å². The van der Waals surface area contributed by atoms with Crippen LogP contribution in [0.15, 0.2) is 40.8 Å². The van der Waals surface area contributed by atoms with Gasteiger partial charge in [0.1, 0.15) is 11.3 Å². The van der Waals surface area contributed by atoms with E-state index in [-0.39, 0.29) is 24.9 Å². The zero-order valence-electron chi connectivity index (χ0n) is 16.9. The van der Waals surface area contributed by atoms with Gasteiger partial charge in [-0.15, -0.1) is 0 Å². The number of fused-ring (bicyclic) bond motifs is 1. The Labute approximate surface area is 168 Å². The van der Waals surface area contributed by atoms with Crippen LogP contribution in [0.5, 0.6) is 5.75 Å². The van der Waals surface area contributed by atoms with Crippen molar-refractivity contribution >= 4 is 28.6 Å². The van der Waals surface area contributed by atoms with Crippen molar-refractivity contribution in [1.29, 1.82) is 0 Å². The molecular formula is C21H24N4O4. The van der Waals surface area contributed by atoms with Crippen LogP contribution >= 0.6 is 0 Å². The SMILES string of the molecule is COc1ccc2oc(CNC(=O)c3ccc(C)c(NC(=O)CN(C)C)c3)nc2c1. The number of oxazole rings is 1. The molecule has 0 aliphatic carbocycles. The molecule has 0 atom stereocenters. The van der Waals surface area contributed by atoms with Crippen molar-refractivity contribution < 1.29 is 18.7 Å². The van der Waals surface area contributed by atoms with E-state index in [1.165, 1.54) is 0 Å². The minimum Gasteiger partial charge on any atom is -0.497 e. The molecule has 29 heavy (non-hydrogen) atoms. The van der Waals surface area contributed by atoms with Gasteiger partial charge < -0.3 is 24.7 Å². The van der Waals surface area contributed by atoms with Crippen LogP contribution in [0.4, 0.5) is 5.69 Å². The summed E-state index contributed by atoms with van der Waals surface area (Å²) in [5.41, 5.74) is 3.21. The third-order valence-corrected chi connectivity index (χ3v) is 4.27. The zero-order valence-corrected chi connectivity index (χ0v) is 16.9. The number of methoxy groups -OCH3 is 1. The Balaban J connectivity index is 1.67. The van der Waals surface area contributed by atoms with Gasteiger partial charge in [0.2, 0.25) is 11.8 Å². The Morgan fingerprint density at radius 3 is 2.69 bits per heavy atom. The second-order valence-corrected chi connectivity index (χ2v) is 6.94. The molecule has 0 aliphatic heterocycles. The first kappa shape index (κ1) is 20.3. The van der Waals surface area contributed by atoms with Gasteiger partial charge in [-0.05, 0) is 50.8 Å². The average molecular weight is 396 g/mol. The molecular weight excluding hydrogens is 372 g/mol. The smallest absolute Gasteiger partial charge is 0.251 e. The molecule has 0 saturated heterocycles. The molecule has 2 amide bonds. The summed E-state index contributed by atoms with van der Waals surface area (Å²) in [4.78, 5) is 30.7. The summed E-state index contributed by atoms with van der Waals surface area (Å²) in [6.45, 7) is 2.28. The van der Waals surface area contributed by atoms with E-state index < -0.39 is 0 Å². The molecule has 8 nitrogen and oxygen atoms in total. The molecule has 1 aromatic heterocycles. The molecule has 0 unspecified atom stereocenters.